The van der Waals surface area contributed by atoms with E-state index < -0.39 is 24.6 Å². The Labute approximate surface area is 69.8 Å². The largest absolute Gasteiger partial charge is 0.388 e. The van der Waals surface area contributed by atoms with Crippen LogP contribution in [0.3, 0.4) is 0 Å². The van der Waals surface area contributed by atoms with Crippen molar-refractivity contribution in [1.29, 1.82) is 0 Å². The van der Waals surface area contributed by atoms with Gasteiger partial charge in [-0.3, -0.25) is 0 Å². The topological polar surface area (TPSA) is 68.2 Å². The van der Waals surface area contributed by atoms with Gasteiger partial charge in [0.2, 0.25) is 0 Å². The second-order valence-electron chi connectivity index (χ2n) is 2.97. The number of hydrogen-bond acceptors (Lipinski definition) is 5. The lowest BCUT2D eigenvalue weighted by molar-refractivity contribution is -0.149. The molecule has 12 heavy (non-hydrogen) atoms. The molecule has 2 rings (SSSR count). The maximum atomic E-state index is 9.38. The molecule has 0 radical (unpaired) electrons. The van der Waals surface area contributed by atoms with Gasteiger partial charge in [0.1, 0.15) is 18.3 Å². The highest BCUT2D eigenvalue weighted by Crippen LogP contribution is 2.22. The van der Waals surface area contributed by atoms with Crippen molar-refractivity contribution in [3.63, 3.8) is 0 Å². The zero-order chi connectivity index (χ0) is 8.55. The van der Waals surface area contributed by atoms with E-state index in [1.807, 2.05) is 0 Å². The summed E-state index contributed by atoms with van der Waals surface area (Å²) in [6.45, 7) is 1.19. The molecule has 2 N–H and O–H groups in total. The lowest BCUT2D eigenvalue weighted by Crippen LogP contribution is -2.39. The van der Waals surface area contributed by atoms with Gasteiger partial charge in [0, 0.05) is 0 Å². The highest BCUT2D eigenvalue weighted by molar-refractivity contribution is 4.86. The van der Waals surface area contributed by atoms with Gasteiger partial charge in [-0.25, -0.2) is 0 Å². The third-order valence-corrected chi connectivity index (χ3v) is 2.11. The fourth-order valence-corrected chi connectivity index (χ4v) is 1.43. The van der Waals surface area contributed by atoms with Gasteiger partial charge in [-0.15, -0.1) is 0 Å². The zero-order valence-electron chi connectivity index (χ0n) is 6.55. The standard InChI is InChI=1S/C7H12O5/c8-4-3-12-6(5(4)9)7-10-1-2-11-7/h4-9H,1-3H2/t4-,5-,6-/m1/s1. The Kier molecular flexibility index (Phi) is 2.29. The number of rotatable bonds is 1. The average Bonchev–Trinajstić information content (AvgIpc) is 2.64. The molecule has 2 saturated heterocycles. The Morgan fingerprint density at radius 1 is 1.00 bits per heavy atom. The maximum Gasteiger partial charge on any atom is 0.186 e. The molecule has 2 fully saturated rings. The molecule has 0 amide bonds. The third-order valence-electron chi connectivity index (χ3n) is 2.11. The van der Waals surface area contributed by atoms with Crippen LogP contribution in [-0.2, 0) is 14.2 Å². The Hall–Kier alpha value is -0.200. The summed E-state index contributed by atoms with van der Waals surface area (Å²) < 4.78 is 15.4. The predicted octanol–water partition coefficient (Wildman–Crippen LogP) is -1.52. The smallest absolute Gasteiger partial charge is 0.186 e. The molecule has 0 aromatic heterocycles. The van der Waals surface area contributed by atoms with E-state index in [-0.39, 0.29) is 6.61 Å². The van der Waals surface area contributed by atoms with E-state index in [9.17, 15) is 5.11 Å². The van der Waals surface area contributed by atoms with Gasteiger partial charge >= 0.3 is 0 Å². The summed E-state index contributed by atoms with van der Waals surface area (Å²) >= 11 is 0. The highest BCUT2D eigenvalue weighted by atomic mass is 16.7. The number of aliphatic hydroxyl groups excluding tert-OH is 2. The van der Waals surface area contributed by atoms with E-state index in [1.165, 1.54) is 0 Å². The molecule has 0 aromatic rings. The van der Waals surface area contributed by atoms with E-state index in [2.05, 4.69) is 0 Å². The third kappa shape index (κ3) is 1.34. The molecule has 3 atom stereocenters. The van der Waals surface area contributed by atoms with Gasteiger partial charge in [0.05, 0.1) is 19.8 Å². The summed E-state index contributed by atoms with van der Waals surface area (Å²) in [5, 5.41) is 18.5. The summed E-state index contributed by atoms with van der Waals surface area (Å²) in [6.07, 6.45) is -2.77. The summed E-state index contributed by atoms with van der Waals surface area (Å²) in [4.78, 5) is 0. The monoisotopic (exact) mass is 176 g/mol. The first-order valence-electron chi connectivity index (χ1n) is 4.00. The minimum atomic E-state index is -0.895. The Morgan fingerprint density at radius 3 is 2.17 bits per heavy atom. The van der Waals surface area contributed by atoms with E-state index in [1.54, 1.807) is 0 Å². The lowest BCUT2D eigenvalue weighted by atomic mass is 10.1. The molecule has 0 saturated carbocycles. The Bertz CT molecular complexity index is 156. The molecule has 0 aliphatic carbocycles. The molecule has 0 aromatic carbocycles. The Balaban J connectivity index is 1.95. The van der Waals surface area contributed by atoms with Gasteiger partial charge in [0.15, 0.2) is 6.29 Å². The van der Waals surface area contributed by atoms with Crippen LogP contribution in [-0.4, -0.2) is 54.6 Å². The maximum absolute atomic E-state index is 9.38. The van der Waals surface area contributed by atoms with Crippen LogP contribution in [0.2, 0.25) is 0 Å². The molecular formula is C7H12O5. The second-order valence-corrected chi connectivity index (χ2v) is 2.97. The lowest BCUT2D eigenvalue weighted by Gasteiger charge is -2.19. The number of aliphatic hydroxyl groups is 2. The molecule has 0 bridgehead atoms. The summed E-state index contributed by atoms with van der Waals surface area (Å²) in [5.74, 6) is 0. The molecular weight excluding hydrogens is 164 g/mol. The van der Waals surface area contributed by atoms with Crippen molar-refractivity contribution in [1.82, 2.24) is 0 Å². The normalized spacial score (nSPS) is 44.0. The summed E-state index contributed by atoms with van der Waals surface area (Å²) in [6, 6.07) is 0. The van der Waals surface area contributed by atoms with Crippen molar-refractivity contribution >= 4 is 0 Å². The fourth-order valence-electron chi connectivity index (χ4n) is 1.43. The van der Waals surface area contributed by atoms with Crippen LogP contribution in [0.15, 0.2) is 0 Å². The first kappa shape index (κ1) is 8.40. The molecule has 5 heteroatoms. The SMILES string of the molecule is O[C@@H]1[C@H](O)CO[C@H]1C1OCCO1. The van der Waals surface area contributed by atoms with Crippen molar-refractivity contribution in [3.05, 3.63) is 0 Å². The van der Waals surface area contributed by atoms with Crippen LogP contribution < -0.4 is 0 Å². The van der Waals surface area contributed by atoms with Gasteiger partial charge in [-0.1, -0.05) is 0 Å². The summed E-state index contributed by atoms with van der Waals surface area (Å²) in [7, 11) is 0. The molecule has 2 heterocycles. The first-order chi connectivity index (χ1) is 5.79. The van der Waals surface area contributed by atoms with Crippen molar-refractivity contribution in [2.45, 2.75) is 24.6 Å². The second kappa shape index (κ2) is 3.27. The van der Waals surface area contributed by atoms with Gasteiger partial charge in [-0.05, 0) is 0 Å². The predicted molar refractivity (Wildman–Crippen MR) is 37.4 cm³/mol. The molecule has 70 valence electrons. The van der Waals surface area contributed by atoms with E-state index >= 15 is 0 Å². The van der Waals surface area contributed by atoms with Crippen molar-refractivity contribution in [2.75, 3.05) is 19.8 Å². The minimum absolute atomic E-state index is 0.148. The van der Waals surface area contributed by atoms with E-state index in [4.69, 9.17) is 19.3 Å². The Morgan fingerprint density at radius 2 is 1.67 bits per heavy atom. The molecule has 5 nitrogen and oxygen atoms in total. The van der Waals surface area contributed by atoms with Crippen molar-refractivity contribution < 1.29 is 24.4 Å². The van der Waals surface area contributed by atoms with E-state index in [0.29, 0.717) is 13.2 Å². The molecule has 0 unspecified atom stereocenters. The van der Waals surface area contributed by atoms with Crippen LogP contribution in [0.1, 0.15) is 0 Å². The summed E-state index contributed by atoms with van der Waals surface area (Å²) in [5.41, 5.74) is 0. The van der Waals surface area contributed by atoms with Crippen LogP contribution >= 0.6 is 0 Å². The zero-order valence-corrected chi connectivity index (χ0v) is 6.55. The van der Waals surface area contributed by atoms with Gasteiger partial charge in [0.25, 0.3) is 0 Å². The number of hydrogen-bond donors (Lipinski definition) is 2. The van der Waals surface area contributed by atoms with Crippen LogP contribution in [0.5, 0.6) is 0 Å². The van der Waals surface area contributed by atoms with Crippen molar-refractivity contribution in [2.24, 2.45) is 0 Å². The fraction of sp³-hybridized carbons (Fsp3) is 1.00. The highest BCUT2D eigenvalue weighted by Gasteiger charge is 2.42. The van der Waals surface area contributed by atoms with Gasteiger partial charge < -0.3 is 24.4 Å². The molecule has 0 spiro atoms. The number of ether oxygens (including phenoxy) is 3. The van der Waals surface area contributed by atoms with Crippen LogP contribution in [0.25, 0.3) is 0 Å². The van der Waals surface area contributed by atoms with Crippen molar-refractivity contribution in [3.8, 4) is 0 Å². The van der Waals surface area contributed by atoms with Gasteiger partial charge in [-0.2, -0.15) is 0 Å². The minimum Gasteiger partial charge on any atom is -0.388 e. The van der Waals surface area contributed by atoms with Crippen LogP contribution in [0, 0.1) is 0 Å². The average molecular weight is 176 g/mol. The molecule has 2 aliphatic rings. The quantitative estimate of drug-likeness (QED) is 0.508. The van der Waals surface area contributed by atoms with E-state index in [0.717, 1.165) is 0 Å². The van der Waals surface area contributed by atoms with Crippen LogP contribution in [0.4, 0.5) is 0 Å². The molecule has 2 aliphatic heterocycles. The first-order valence-corrected chi connectivity index (χ1v) is 4.00.